The van der Waals surface area contributed by atoms with Crippen LogP contribution in [0.1, 0.15) is 32.1 Å². The van der Waals surface area contributed by atoms with Crippen LogP contribution in [0.5, 0.6) is 5.75 Å². The number of nitrogens with one attached hydrogen (secondary N) is 1. The molecule has 3 rings (SSSR count). The number of methoxy groups -OCH3 is 1. The number of hydrogen-bond acceptors (Lipinski definition) is 4. The molecule has 6 nitrogen and oxygen atoms in total. The molecule has 0 radical (unpaired) electrons. The fourth-order valence-electron chi connectivity index (χ4n) is 4.30. The molecule has 0 aromatic heterocycles. The summed E-state index contributed by atoms with van der Waals surface area (Å²) in [6, 6.07) is 5.04. The van der Waals surface area contributed by atoms with Crippen molar-refractivity contribution in [3.8, 4) is 5.75 Å². The van der Waals surface area contributed by atoms with E-state index < -0.39 is 10.0 Å². The van der Waals surface area contributed by atoms with E-state index in [0.717, 1.165) is 32.1 Å². The van der Waals surface area contributed by atoms with E-state index in [0.29, 0.717) is 23.0 Å². The SMILES string of the molecule is COc1ccc(Cl)cc1NC(=O)C1CN(S(C)(=O)=O)CC12CCCCC2. The van der Waals surface area contributed by atoms with Crippen molar-refractivity contribution < 1.29 is 17.9 Å². The monoisotopic (exact) mass is 400 g/mol. The lowest BCUT2D eigenvalue weighted by Gasteiger charge is -2.37. The van der Waals surface area contributed by atoms with Gasteiger partial charge in [-0.05, 0) is 36.5 Å². The third-order valence-corrected chi connectivity index (χ3v) is 7.12. The Kier molecular flexibility index (Phi) is 5.51. The summed E-state index contributed by atoms with van der Waals surface area (Å²) in [4.78, 5) is 13.1. The first-order valence-corrected chi connectivity index (χ1v) is 11.1. The molecule has 1 saturated heterocycles. The molecule has 1 aromatic rings. The number of benzene rings is 1. The van der Waals surface area contributed by atoms with Gasteiger partial charge in [-0.25, -0.2) is 12.7 Å². The average molecular weight is 401 g/mol. The summed E-state index contributed by atoms with van der Waals surface area (Å²) in [5.41, 5.74) is 0.228. The van der Waals surface area contributed by atoms with Gasteiger partial charge in [-0.15, -0.1) is 0 Å². The van der Waals surface area contributed by atoms with Crippen molar-refractivity contribution in [2.24, 2.45) is 11.3 Å². The summed E-state index contributed by atoms with van der Waals surface area (Å²) in [6.45, 7) is 0.657. The number of anilines is 1. The lowest BCUT2D eigenvalue weighted by molar-refractivity contribution is -0.123. The fraction of sp³-hybridized carbons (Fsp3) is 0.611. The first kappa shape index (κ1) is 19.5. The van der Waals surface area contributed by atoms with Gasteiger partial charge in [0.05, 0.1) is 25.0 Å². The number of hydrogen-bond donors (Lipinski definition) is 1. The molecule has 1 aromatic carbocycles. The maximum absolute atomic E-state index is 13.1. The Balaban J connectivity index is 1.87. The molecule has 8 heteroatoms. The van der Waals surface area contributed by atoms with Crippen LogP contribution in [-0.2, 0) is 14.8 Å². The molecular formula is C18H25ClN2O4S. The van der Waals surface area contributed by atoms with Crippen LogP contribution in [0, 0.1) is 11.3 Å². The normalized spacial score (nSPS) is 23.1. The number of carbonyl (C=O) groups is 1. The predicted molar refractivity (Wildman–Crippen MR) is 102 cm³/mol. The number of ether oxygens (including phenoxy) is 1. The minimum absolute atomic E-state index is 0.168. The molecule has 1 unspecified atom stereocenters. The second kappa shape index (κ2) is 7.37. The van der Waals surface area contributed by atoms with Crippen LogP contribution in [0.3, 0.4) is 0 Å². The summed E-state index contributed by atoms with van der Waals surface area (Å²) >= 11 is 6.05. The van der Waals surface area contributed by atoms with Gasteiger partial charge in [-0.2, -0.15) is 0 Å². The van der Waals surface area contributed by atoms with Gasteiger partial charge in [-0.1, -0.05) is 30.9 Å². The van der Waals surface area contributed by atoms with Gasteiger partial charge in [-0.3, -0.25) is 4.79 Å². The molecule has 1 atom stereocenters. The fourth-order valence-corrected chi connectivity index (χ4v) is 5.38. The Hall–Kier alpha value is -1.31. The van der Waals surface area contributed by atoms with Crippen LogP contribution >= 0.6 is 11.6 Å². The maximum atomic E-state index is 13.1. The third-order valence-electron chi connectivity index (χ3n) is 5.67. The summed E-state index contributed by atoms with van der Waals surface area (Å²) in [6.07, 6.45) is 6.16. The molecule has 1 heterocycles. The Bertz CT molecular complexity index is 790. The van der Waals surface area contributed by atoms with E-state index in [-0.39, 0.29) is 23.8 Å². The largest absolute Gasteiger partial charge is 0.495 e. The quantitative estimate of drug-likeness (QED) is 0.842. The molecule has 1 spiro atoms. The summed E-state index contributed by atoms with van der Waals surface area (Å²) in [5.74, 6) is -0.0155. The Morgan fingerprint density at radius 2 is 2.00 bits per heavy atom. The Morgan fingerprint density at radius 1 is 1.31 bits per heavy atom. The van der Waals surface area contributed by atoms with Crippen LogP contribution in [0.15, 0.2) is 18.2 Å². The van der Waals surface area contributed by atoms with Gasteiger partial charge in [0.2, 0.25) is 15.9 Å². The highest BCUT2D eigenvalue weighted by Crippen LogP contribution is 2.48. The van der Waals surface area contributed by atoms with E-state index in [2.05, 4.69) is 5.32 Å². The number of nitrogens with zero attached hydrogens (tertiary/aromatic N) is 1. The van der Waals surface area contributed by atoms with Gasteiger partial charge in [0.15, 0.2) is 0 Å². The molecule has 2 fully saturated rings. The van der Waals surface area contributed by atoms with Crippen molar-refractivity contribution in [1.29, 1.82) is 0 Å². The third kappa shape index (κ3) is 3.85. The van der Waals surface area contributed by atoms with E-state index in [1.165, 1.54) is 17.7 Å². The topological polar surface area (TPSA) is 75.7 Å². The van der Waals surface area contributed by atoms with Crippen molar-refractivity contribution >= 4 is 33.2 Å². The standard InChI is InChI=1S/C18H25ClN2O4S/c1-25-16-7-6-13(19)10-15(16)20-17(22)14-11-21(26(2,23)24)12-18(14)8-4-3-5-9-18/h6-7,10,14H,3-5,8-9,11-12H2,1-2H3,(H,20,22). The molecule has 1 amide bonds. The van der Waals surface area contributed by atoms with E-state index in [9.17, 15) is 13.2 Å². The molecule has 144 valence electrons. The number of halogens is 1. The zero-order valence-electron chi connectivity index (χ0n) is 15.1. The van der Waals surface area contributed by atoms with E-state index >= 15 is 0 Å². The first-order valence-electron chi connectivity index (χ1n) is 8.85. The van der Waals surface area contributed by atoms with Crippen molar-refractivity contribution in [1.82, 2.24) is 4.31 Å². The average Bonchev–Trinajstić information content (AvgIpc) is 2.95. The molecule has 1 saturated carbocycles. The Labute approximate surface area is 159 Å². The minimum atomic E-state index is -3.33. The zero-order chi connectivity index (χ0) is 18.9. The van der Waals surface area contributed by atoms with Crippen LogP contribution in [0.2, 0.25) is 5.02 Å². The van der Waals surface area contributed by atoms with Gasteiger partial charge in [0.25, 0.3) is 0 Å². The number of sulfonamides is 1. The molecule has 26 heavy (non-hydrogen) atoms. The summed E-state index contributed by atoms with van der Waals surface area (Å²) < 4.78 is 30.9. The lowest BCUT2D eigenvalue weighted by atomic mass is 9.67. The highest BCUT2D eigenvalue weighted by Gasteiger charge is 2.52. The minimum Gasteiger partial charge on any atom is -0.495 e. The molecular weight excluding hydrogens is 376 g/mol. The number of carbonyl (C=O) groups excluding carboxylic acids is 1. The number of rotatable bonds is 4. The van der Waals surface area contributed by atoms with Crippen LogP contribution in [0.4, 0.5) is 5.69 Å². The second-order valence-electron chi connectivity index (χ2n) is 7.36. The molecule has 1 aliphatic carbocycles. The van der Waals surface area contributed by atoms with E-state index in [1.54, 1.807) is 18.2 Å². The molecule has 2 aliphatic rings. The lowest BCUT2D eigenvalue weighted by Crippen LogP contribution is -2.39. The predicted octanol–water partition coefficient (Wildman–Crippen LogP) is 3.13. The van der Waals surface area contributed by atoms with E-state index in [4.69, 9.17) is 16.3 Å². The van der Waals surface area contributed by atoms with Gasteiger partial charge >= 0.3 is 0 Å². The van der Waals surface area contributed by atoms with Crippen molar-refractivity contribution in [2.75, 3.05) is 31.8 Å². The van der Waals surface area contributed by atoms with Crippen LogP contribution in [0.25, 0.3) is 0 Å². The smallest absolute Gasteiger partial charge is 0.229 e. The first-order chi connectivity index (χ1) is 12.2. The van der Waals surface area contributed by atoms with Gasteiger partial charge in [0.1, 0.15) is 5.75 Å². The summed E-state index contributed by atoms with van der Waals surface area (Å²) in [5, 5.41) is 3.42. The molecule has 1 aliphatic heterocycles. The highest BCUT2D eigenvalue weighted by molar-refractivity contribution is 7.88. The molecule has 1 N–H and O–H groups in total. The van der Waals surface area contributed by atoms with Crippen molar-refractivity contribution in [2.45, 2.75) is 32.1 Å². The Morgan fingerprint density at radius 3 is 2.62 bits per heavy atom. The van der Waals surface area contributed by atoms with Crippen molar-refractivity contribution in [3.63, 3.8) is 0 Å². The van der Waals surface area contributed by atoms with Crippen LogP contribution in [-0.4, -0.2) is 45.1 Å². The summed E-state index contributed by atoms with van der Waals surface area (Å²) in [7, 11) is -1.80. The maximum Gasteiger partial charge on any atom is 0.229 e. The van der Waals surface area contributed by atoms with Crippen LogP contribution < -0.4 is 10.1 Å². The molecule has 0 bridgehead atoms. The van der Waals surface area contributed by atoms with Gasteiger partial charge in [0, 0.05) is 18.1 Å². The van der Waals surface area contributed by atoms with E-state index in [1.807, 2.05) is 0 Å². The zero-order valence-corrected chi connectivity index (χ0v) is 16.7. The second-order valence-corrected chi connectivity index (χ2v) is 9.78. The van der Waals surface area contributed by atoms with Crippen molar-refractivity contribution in [3.05, 3.63) is 23.2 Å². The highest BCUT2D eigenvalue weighted by atomic mass is 35.5. The number of amides is 1. The van der Waals surface area contributed by atoms with Gasteiger partial charge < -0.3 is 10.1 Å².